The molecule has 0 bridgehead atoms. The molecule has 144 valence electrons. The van der Waals surface area contributed by atoms with Crippen LogP contribution in [-0.2, 0) is 0 Å². The molecule has 2 rings (SSSR count). The van der Waals surface area contributed by atoms with Crippen molar-refractivity contribution in [3.63, 3.8) is 0 Å². The van der Waals surface area contributed by atoms with Gasteiger partial charge in [-0.25, -0.2) is 0 Å². The maximum atomic E-state index is 5.78. The summed E-state index contributed by atoms with van der Waals surface area (Å²) in [5.74, 6) is 1.65. The quantitative estimate of drug-likeness (QED) is 0.276. The maximum absolute atomic E-state index is 5.78. The third kappa shape index (κ3) is 7.92. The Morgan fingerprint density at radius 2 is 1.54 bits per heavy atom. The Balaban J connectivity index is 1.72. The molecule has 0 radical (unpaired) electrons. The van der Waals surface area contributed by atoms with E-state index < -0.39 is 0 Å². The lowest BCUT2D eigenvalue weighted by atomic mass is 10.2. The average Bonchev–Trinajstić information content (AvgIpc) is 3.14. The predicted octanol–water partition coefficient (Wildman–Crippen LogP) is 6.34. The van der Waals surface area contributed by atoms with Crippen molar-refractivity contribution in [1.29, 1.82) is 0 Å². The molecule has 0 unspecified atom stereocenters. The van der Waals surface area contributed by atoms with E-state index in [9.17, 15) is 0 Å². The van der Waals surface area contributed by atoms with Crippen LogP contribution in [0.15, 0.2) is 24.3 Å². The van der Waals surface area contributed by atoms with E-state index in [1.54, 1.807) is 0 Å². The fraction of sp³-hybridized carbons (Fsp3) is 0.600. The van der Waals surface area contributed by atoms with Gasteiger partial charge in [0.1, 0.15) is 5.75 Å². The summed E-state index contributed by atoms with van der Waals surface area (Å²) < 4.78 is 11.5. The molecule has 0 saturated carbocycles. The Morgan fingerprint density at radius 1 is 0.846 bits per heavy atom. The summed E-state index contributed by atoms with van der Waals surface area (Å²) >= 11 is 7.15. The van der Waals surface area contributed by atoms with Crippen LogP contribution in [0.25, 0.3) is 10.6 Å². The van der Waals surface area contributed by atoms with Crippen LogP contribution in [0.4, 0.5) is 0 Å². The Morgan fingerprint density at radius 3 is 2.27 bits per heavy atom. The largest absolute Gasteiger partial charge is 0.494 e. The van der Waals surface area contributed by atoms with Gasteiger partial charge in [0.05, 0.1) is 13.2 Å². The zero-order valence-corrected chi connectivity index (χ0v) is 17.2. The van der Waals surface area contributed by atoms with Gasteiger partial charge >= 0.3 is 0 Å². The lowest BCUT2D eigenvalue weighted by Gasteiger charge is -2.06. The van der Waals surface area contributed by atoms with Crippen LogP contribution in [0.3, 0.4) is 0 Å². The summed E-state index contributed by atoms with van der Waals surface area (Å²) in [6.07, 6.45) is 9.25. The number of nitrogens with zero attached hydrogens (tertiary/aromatic N) is 2. The van der Waals surface area contributed by atoms with Crippen molar-refractivity contribution in [2.45, 2.75) is 58.3 Å². The highest BCUT2D eigenvalue weighted by Crippen LogP contribution is 2.29. The number of halogens is 1. The first-order valence-corrected chi connectivity index (χ1v) is 10.9. The van der Waals surface area contributed by atoms with Crippen molar-refractivity contribution in [3.05, 3.63) is 24.3 Å². The molecule has 1 aromatic carbocycles. The molecule has 0 N–H and O–H groups in total. The van der Waals surface area contributed by atoms with Gasteiger partial charge in [-0.1, -0.05) is 55.5 Å². The van der Waals surface area contributed by atoms with Crippen LogP contribution >= 0.6 is 22.9 Å². The molecular weight excluding hydrogens is 368 g/mol. The lowest BCUT2D eigenvalue weighted by Crippen LogP contribution is -1.96. The standard InChI is InChI=1S/C20H29ClN2O2S/c1-2-3-4-8-15-24-18-12-10-17(11-13-18)19-22-23-20(26-19)25-16-9-6-5-7-14-21/h10-13H,2-9,14-16H2,1H3. The first kappa shape index (κ1) is 21.0. The first-order valence-electron chi connectivity index (χ1n) is 9.59. The first-order chi connectivity index (χ1) is 12.8. The Hall–Kier alpha value is -1.33. The van der Waals surface area contributed by atoms with E-state index in [-0.39, 0.29) is 0 Å². The highest BCUT2D eigenvalue weighted by molar-refractivity contribution is 7.16. The van der Waals surface area contributed by atoms with E-state index in [0.29, 0.717) is 11.8 Å². The summed E-state index contributed by atoms with van der Waals surface area (Å²) in [6, 6.07) is 8.04. The van der Waals surface area contributed by atoms with Gasteiger partial charge in [-0.2, -0.15) is 0 Å². The zero-order valence-electron chi connectivity index (χ0n) is 15.6. The third-order valence-corrected chi connectivity index (χ3v) is 5.18. The minimum atomic E-state index is 0.633. The van der Waals surface area contributed by atoms with Crippen molar-refractivity contribution in [2.75, 3.05) is 19.1 Å². The van der Waals surface area contributed by atoms with Gasteiger partial charge in [0.15, 0.2) is 5.01 Å². The van der Waals surface area contributed by atoms with Gasteiger partial charge < -0.3 is 9.47 Å². The molecule has 4 nitrogen and oxygen atoms in total. The molecule has 6 heteroatoms. The number of hydrogen-bond acceptors (Lipinski definition) is 5. The van der Waals surface area contributed by atoms with Gasteiger partial charge in [-0.05, 0) is 43.5 Å². The topological polar surface area (TPSA) is 44.2 Å². The van der Waals surface area contributed by atoms with Crippen molar-refractivity contribution in [1.82, 2.24) is 10.2 Å². The normalized spacial score (nSPS) is 10.8. The number of alkyl halides is 1. The molecule has 0 aliphatic carbocycles. The van der Waals surface area contributed by atoms with Gasteiger partial charge in [0, 0.05) is 11.4 Å². The highest BCUT2D eigenvalue weighted by Gasteiger charge is 2.08. The molecule has 26 heavy (non-hydrogen) atoms. The number of benzene rings is 1. The van der Waals surface area contributed by atoms with Crippen LogP contribution < -0.4 is 9.47 Å². The molecule has 1 heterocycles. The molecule has 0 atom stereocenters. The second kappa shape index (κ2) is 12.9. The average molecular weight is 397 g/mol. The van der Waals surface area contributed by atoms with E-state index >= 15 is 0 Å². The smallest absolute Gasteiger partial charge is 0.294 e. The van der Waals surface area contributed by atoms with Gasteiger partial charge in [-0.15, -0.1) is 16.7 Å². The number of aromatic nitrogens is 2. The molecule has 0 amide bonds. The lowest BCUT2D eigenvalue weighted by molar-refractivity contribution is 0.301. The van der Waals surface area contributed by atoms with E-state index in [1.807, 2.05) is 24.3 Å². The van der Waals surface area contributed by atoms with Gasteiger partial charge in [0.25, 0.3) is 5.19 Å². The van der Waals surface area contributed by atoms with E-state index in [0.717, 1.165) is 60.9 Å². The molecule has 0 spiro atoms. The summed E-state index contributed by atoms with van der Waals surface area (Å²) in [4.78, 5) is 0. The minimum Gasteiger partial charge on any atom is -0.494 e. The second-order valence-electron chi connectivity index (χ2n) is 6.26. The highest BCUT2D eigenvalue weighted by atomic mass is 35.5. The molecule has 0 fully saturated rings. The maximum Gasteiger partial charge on any atom is 0.294 e. The molecule has 0 saturated heterocycles. The van der Waals surface area contributed by atoms with Crippen LogP contribution in [0, 0.1) is 0 Å². The molecule has 2 aromatic rings. The monoisotopic (exact) mass is 396 g/mol. The summed E-state index contributed by atoms with van der Waals surface area (Å²) in [6.45, 7) is 3.68. The molecule has 1 aromatic heterocycles. The van der Waals surface area contributed by atoms with E-state index in [1.165, 1.54) is 30.6 Å². The zero-order chi connectivity index (χ0) is 18.5. The van der Waals surface area contributed by atoms with Gasteiger partial charge in [0.2, 0.25) is 0 Å². The Bertz CT molecular complexity index is 604. The second-order valence-corrected chi connectivity index (χ2v) is 7.58. The summed E-state index contributed by atoms with van der Waals surface area (Å²) in [5.41, 5.74) is 1.04. The van der Waals surface area contributed by atoms with Crippen LogP contribution in [0.1, 0.15) is 58.3 Å². The van der Waals surface area contributed by atoms with Crippen LogP contribution in [0.5, 0.6) is 10.9 Å². The van der Waals surface area contributed by atoms with Crippen molar-refractivity contribution in [2.24, 2.45) is 0 Å². The van der Waals surface area contributed by atoms with Crippen molar-refractivity contribution in [3.8, 4) is 21.5 Å². The Kier molecular flexibility index (Phi) is 10.4. The number of ether oxygens (including phenoxy) is 2. The molecule has 0 aliphatic heterocycles. The van der Waals surface area contributed by atoms with E-state index in [4.69, 9.17) is 21.1 Å². The van der Waals surface area contributed by atoms with Gasteiger partial charge in [-0.3, -0.25) is 0 Å². The van der Waals surface area contributed by atoms with Crippen molar-refractivity contribution >= 4 is 22.9 Å². The number of unbranched alkanes of at least 4 members (excludes halogenated alkanes) is 6. The molecule has 0 aliphatic rings. The minimum absolute atomic E-state index is 0.633. The Labute approximate surface area is 165 Å². The predicted molar refractivity (Wildman–Crippen MR) is 110 cm³/mol. The SMILES string of the molecule is CCCCCCOc1ccc(-c2nnc(OCCCCCCCl)s2)cc1. The summed E-state index contributed by atoms with van der Waals surface area (Å²) in [5, 5.41) is 9.85. The summed E-state index contributed by atoms with van der Waals surface area (Å²) in [7, 11) is 0. The number of hydrogen-bond donors (Lipinski definition) is 0. The third-order valence-electron chi connectivity index (χ3n) is 4.03. The van der Waals surface area contributed by atoms with Crippen molar-refractivity contribution < 1.29 is 9.47 Å². The molecular formula is C20H29ClN2O2S. The van der Waals surface area contributed by atoms with Crippen LogP contribution in [-0.4, -0.2) is 29.3 Å². The fourth-order valence-corrected chi connectivity index (χ4v) is 3.42. The fourth-order valence-electron chi connectivity index (χ4n) is 2.51. The van der Waals surface area contributed by atoms with E-state index in [2.05, 4.69) is 17.1 Å². The number of rotatable bonds is 14. The van der Waals surface area contributed by atoms with Crippen LogP contribution in [0.2, 0.25) is 0 Å².